The lowest BCUT2D eigenvalue weighted by atomic mass is 10.2. The maximum absolute atomic E-state index is 13.2. The van der Waals surface area contributed by atoms with Crippen LogP contribution in [-0.2, 0) is 23.1 Å². The average molecular weight is 391 g/mol. The quantitative estimate of drug-likeness (QED) is 0.612. The summed E-state index contributed by atoms with van der Waals surface area (Å²) in [6.07, 6.45) is 0.887. The lowest BCUT2D eigenvalue weighted by Crippen LogP contribution is -2.30. The molecule has 0 unspecified atom stereocenters. The number of aromatic nitrogens is 2. The van der Waals surface area contributed by atoms with Crippen LogP contribution in [0.2, 0.25) is 0 Å². The predicted octanol–water partition coefficient (Wildman–Crippen LogP) is 3.98. The highest BCUT2D eigenvalue weighted by Gasteiger charge is 2.29. The normalized spacial score (nSPS) is 12.0. The van der Waals surface area contributed by atoms with Crippen molar-refractivity contribution in [1.29, 1.82) is 0 Å². The molecule has 0 bridgehead atoms. The van der Waals surface area contributed by atoms with Crippen LogP contribution < -0.4 is 0 Å². The summed E-state index contributed by atoms with van der Waals surface area (Å²) < 4.78 is 54.0. The van der Waals surface area contributed by atoms with E-state index in [0.29, 0.717) is 4.68 Å². The lowest BCUT2D eigenvalue weighted by molar-refractivity contribution is 0.0561. The zero-order valence-corrected chi connectivity index (χ0v) is 15.5. The molecule has 142 valence electrons. The fourth-order valence-corrected chi connectivity index (χ4v) is 4.33. The van der Waals surface area contributed by atoms with Gasteiger partial charge in [-0.3, -0.25) is 0 Å². The summed E-state index contributed by atoms with van der Waals surface area (Å²) in [4.78, 5) is -0.213. The van der Waals surface area contributed by atoms with E-state index in [0.717, 1.165) is 17.3 Å². The lowest BCUT2D eigenvalue weighted by Gasteiger charge is -2.22. The van der Waals surface area contributed by atoms with Crippen LogP contribution in [0.4, 0.5) is 8.78 Å². The Bertz CT molecular complexity index is 949. The van der Waals surface area contributed by atoms with E-state index in [2.05, 4.69) is 5.10 Å². The number of hydrogen-bond acceptors (Lipinski definition) is 3. The number of alkyl halides is 2. The zero-order chi connectivity index (χ0) is 19.4. The minimum absolute atomic E-state index is 0.0430. The highest BCUT2D eigenvalue weighted by Crippen LogP contribution is 2.25. The molecule has 0 fully saturated rings. The van der Waals surface area contributed by atoms with Gasteiger partial charge in [0.1, 0.15) is 4.90 Å². The first kappa shape index (κ1) is 19.2. The van der Waals surface area contributed by atoms with Gasteiger partial charge in [0, 0.05) is 13.1 Å². The number of hydrogen-bond donors (Lipinski definition) is 0. The van der Waals surface area contributed by atoms with Crippen LogP contribution in [-0.4, -0.2) is 22.5 Å². The van der Waals surface area contributed by atoms with E-state index in [-0.39, 0.29) is 23.7 Å². The van der Waals surface area contributed by atoms with Crippen molar-refractivity contribution in [1.82, 2.24) is 14.1 Å². The van der Waals surface area contributed by atoms with Crippen LogP contribution in [0, 0.1) is 6.92 Å². The van der Waals surface area contributed by atoms with Crippen molar-refractivity contribution in [2.24, 2.45) is 0 Å². The highest BCUT2D eigenvalue weighted by molar-refractivity contribution is 7.89. The Hall–Kier alpha value is -2.58. The second kappa shape index (κ2) is 7.98. The van der Waals surface area contributed by atoms with Gasteiger partial charge in [-0.1, -0.05) is 60.7 Å². The summed E-state index contributed by atoms with van der Waals surface area (Å²) in [6, 6.07) is 18.3. The molecular formula is C19H19F2N3O2S. The standard InChI is InChI=1S/C19H19F2N3O2S/c1-15-18(14-24(22-15)19(20)21)27(25,26)23(12-16-8-4-2-5-9-16)13-17-10-6-3-7-11-17/h2-11,14,19H,12-13H2,1H3. The Morgan fingerprint density at radius 3 is 1.85 bits per heavy atom. The molecule has 3 rings (SSSR count). The van der Waals surface area contributed by atoms with Crippen molar-refractivity contribution in [3.05, 3.63) is 83.7 Å². The Balaban J connectivity index is 2.00. The first-order valence-corrected chi connectivity index (χ1v) is 9.74. The SMILES string of the molecule is Cc1nn(C(F)F)cc1S(=O)(=O)N(Cc1ccccc1)Cc1ccccc1. The number of sulfonamides is 1. The fourth-order valence-electron chi connectivity index (χ4n) is 2.76. The van der Waals surface area contributed by atoms with Crippen LogP contribution >= 0.6 is 0 Å². The summed E-state index contributed by atoms with van der Waals surface area (Å²) in [5, 5.41) is 3.63. The van der Waals surface area contributed by atoms with Crippen molar-refractivity contribution >= 4 is 10.0 Å². The van der Waals surface area contributed by atoms with Gasteiger partial charge in [-0.05, 0) is 18.1 Å². The molecule has 0 aliphatic heterocycles. The number of rotatable bonds is 7. The van der Waals surface area contributed by atoms with Crippen molar-refractivity contribution in [2.75, 3.05) is 0 Å². The highest BCUT2D eigenvalue weighted by atomic mass is 32.2. The molecular weight excluding hydrogens is 372 g/mol. The molecule has 0 radical (unpaired) electrons. The Kier molecular flexibility index (Phi) is 5.67. The van der Waals surface area contributed by atoms with E-state index in [1.165, 1.54) is 11.2 Å². The monoisotopic (exact) mass is 391 g/mol. The number of halogens is 2. The molecule has 0 saturated heterocycles. The molecule has 1 heterocycles. The molecule has 0 aliphatic carbocycles. The van der Waals surface area contributed by atoms with E-state index in [1.54, 1.807) is 0 Å². The van der Waals surface area contributed by atoms with Crippen LogP contribution in [0.25, 0.3) is 0 Å². The van der Waals surface area contributed by atoms with Gasteiger partial charge in [-0.2, -0.15) is 18.2 Å². The third-order valence-corrected chi connectivity index (χ3v) is 5.99. The average Bonchev–Trinajstić information content (AvgIpc) is 3.06. The summed E-state index contributed by atoms with van der Waals surface area (Å²) >= 11 is 0. The largest absolute Gasteiger partial charge is 0.333 e. The van der Waals surface area contributed by atoms with E-state index in [9.17, 15) is 17.2 Å². The van der Waals surface area contributed by atoms with Crippen LogP contribution in [0.15, 0.2) is 71.8 Å². The zero-order valence-electron chi connectivity index (χ0n) is 14.7. The second-order valence-corrected chi connectivity index (χ2v) is 7.99. The van der Waals surface area contributed by atoms with Gasteiger partial charge in [0.05, 0.1) is 11.9 Å². The predicted molar refractivity (Wildman–Crippen MR) is 97.5 cm³/mol. The smallest absolute Gasteiger partial charge is 0.210 e. The van der Waals surface area contributed by atoms with E-state index < -0.39 is 16.6 Å². The Morgan fingerprint density at radius 2 is 1.44 bits per heavy atom. The van der Waals surface area contributed by atoms with Crippen molar-refractivity contribution < 1.29 is 17.2 Å². The Morgan fingerprint density at radius 1 is 0.963 bits per heavy atom. The van der Waals surface area contributed by atoms with Gasteiger partial charge in [-0.15, -0.1) is 0 Å². The third kappa shape index (κ3) is 4.40. The van der Waals surface area contributed by atoms with E-state index in [1.807, 2.05) is 60.7 Å². The Labute approximate surface area is 156 Å². The molecule has 0 saturated carbocycles. The molecule has 0 N–H and O–H groups in total. The minimum atomic E-state index is -4.02. The summed E-state index contributed by atoms with van der Waals surface area (Å²) in [6.45, 7) is -1.24. The van der Waals surface area contributed by atoms with Gasteiger partial charge in [0.2, 0.25) is 10.0 Å². The number of aryl methyl sites for hydroxylation is 1. The maximum atomic E-state index is 13.2. The van der Waals surface area contributed by atoms with E-state index in [4.69, 9.17) is 0 Å². The molecule has 0 atom stereocenters. The van der Waals surface area contributed by atoms with Gasteiger partial charge in [-0.25, -0.2) is 13.1 Å². The van der Waals surface area contributed by atoms with Gasteiger partial charge in [0.15, 0.2) is 0 Å². The first-order valence-electron chi connectivity index (χ1n) is 8.30. The molecule has 3 aromatic rings. The minimum Gasteiger partial charge on any atom is -0.210 e. The summed E-state index contributed by atoms with van der Waals surface area (Å²) in [7, 11) is -4.02. The molecule has 0 spiro atoms. The second-order valence-electron chi connectivity index (χ2n) is 6.08. The van der Waals surface area contributed by atoms with Gasteiger partial charge in [0.25, 0.3) is 0 Å². The maximum Gasteiger partial charge on any atom is 0.333 e. The third-order valence-electron chi connectivity index (χ3n) is 4.09. The van der Waals surface area contributed by atoms with Crippen LogP contribution in [0.3, 0.4) is 0 Å². The van der Waals surface area contributed by atoms with Gasteiger partial charge >= 0.3 is 6.55 Å². The molecule has 0 aliphatic rings. The van der Waals surface area contributed by atoms with Crippen molar-refractivity contribution in [3.63, 3.8) is 0 Å². The van der Waals surface area contributed by atoms with Crippen LogP contribution in [0.1, 0.15) is 23.4 Å². The van der Waals surface area contributed by atoms with Gasteiger partial charge < -0.3 is 0 Å². The summed E-state index contributed by atoms with van der Waals surface area (Å²) in [5.41, 5.74) is 1.65. The number of benzene rings is 2. The first-order chi connectivity index (χ1) is 12.9. The van der Waals surface area contributed by atoms with E-state index >= 15 is 0 Å². The van der Waals surface area contributed by atoms with Crippen molar-refractivity contribution in [3.8, 4) is 0 Å². The molecule has 1 aromatic heterocycles. The van der Waals surface area contributed by atoms with Crippen molar-refractivity contribution in [2.45, 2.75) is 31.5 Å². The van der Waals surface area contributed by atoms with Crippen LogP contribution in [0.5, 0.6) is 0 Å². The molecule has 0 amide bonds. The fraction of sp³-hybridized carbons (Fsp3) is 0.211. The molecule has 2 aromatic carbocycles. The molecule has 8 heteroatoms. The molecule has 5 nitrogen and oxygen atoms in total. The summed E-state index contributed by atoms with van der Waals surface area (Å²) in [5.74, 6) is 0. The topological polar surface area (TPSA) is 55.2 Å². The molecule has 27 heavy (non-hydrogen) atoms. The number of nitrogens with zero attached hydrogens (tertiary/aromatic N) is 3.